The highest BCUT2D eigenvalue weighted by atomic mass is 16.5. The van der Waals surface area contributed by atoms with Gasteiger partial charge in [0.05, 0.1) is 19.8 Å². The molecule has 0 aromatic heterocycles. The zero-order valence-corrected chi connectivity index (χ0v) is 13.1. The first-order valence-electron chi connectivity index (χ1n) is 7.15. The highest BCUT2D eigenvalue weighted by Gasteiger charge is 2.16. The fraction of sp³-hybridized carbons (Fsp3) is 0.625. The molecule has 0 bridgehead atoms. The van der Waals surface area contributed by atoms with Gasteiger partial charge in [-0.3, -0.25) is 0 Å². The summed E-state index contributed by atoms with van der Waals surface area (Å²) in [6.45, 7) is 8.63. The first-order chi connectivity index (χ1) is 9.40. The molecule has 1 aromatic rings. The number of benzene rings is 1. The van der Waals surface area contributed by atoms with E-state index in [2.05, 4.69) is 45.1 Å². The maximum atomic E-state index is 9.44. The van der Waals surface area contributed by atoms with E-state index in [-0.39, 0.29) is 6.61 Å². The maximum absolute atomic E-state index is 9.44. The van der Waals surface area contributed by atoms with Gasteiger partial charge in [-0.15, -0.1) is 0 Å². The van der Waals surface area contributed by atoms with Crippen molar-refractivity contribution >= 4 is 5.69 Å². The summed E-state index contributed by atoms with van der Waals surface area (Å²) >= 11 is 0. The normalized spacial score (nSPS) is 12.8. The summed E-state index contributed by atoms with van der Waals surface area (Å²) in [4.78, 5) is 0. The molecular formula is C16H27NO3. The van der Waals surface area contributed by atoms with Crippen molar-refractivity contribution in [3.63, 3.8) is 0 Å². The monoisotopic (exact) mass is 281 g/mol. The van der Waals surface area contributed by atoms with Crippen LogP contribution in [0.15, 0.2) is 12.1 Å². The van der Waals surface area contributed by atoms with Gasteiger partial charge in [-0.1, -0.05) is 27.7 Å². The quantitative estimate of drug-likeness (QED) is 0.719. The zero-order valence-electron chi connectivity index (χ0n) is 13.1. The third kappa shape index (κ3) is 4.12. The first-order valence-corrected chi connectivity index (χ1v) is 7.15. The van der Waals surface area contributed by atoms with E-state index in [1.54, 1.807) is 7.11 Å². The van der Waals surface area contributed by atoms with Gasteiger partial charge in [-0.25, -0.2) is 0 Å². The topological polar surface area (TPSA) is 61.7 Å². The molecule has 114 valence electrons. The number of hydrogen-bond acceptors (Lipinski definition) is 4. The van der Waals surface area contributed by atoms with Crippen molar-refractivity contribution in [2.75, 3.05) is 25.6 Å². The van der Waals surface area contributed by atoms with Gasteiger partial charge in [0, 0.05) is 12.2 Å². The summed E-state index contributed by atoms with van der Waals surface area (Å²) in [6, 6.07) is 4.11. The predicted molar refractivity (Wildman–Crippen MR) is 82.8 cm³/mol. The predicted octanol–water partition coefficient (Wildman–Crippen LogP) is 2.71. The molecule has 0 spiro atoms. The number of rotatable bonds is 7. The van der Waals surface area contributed by atoms with Gasteiger partial charge in [0.25, 0.3) is 0 Å². The lowest BCUT2D eigenvalue weighted by Crippen LogP contribution is -2.23. The Morgan fingerprint density at radius 3 is 1.95 bits per heavy atom. The second-order valence-corrected chi connectivity index (χ2v) is 5.71. The van der Waals surface area contributed by atoms with Crippen LogP contribution < -0.4 is 10.1 Å². The van der Waals surface area contributed by atoms with Crippen LogP contribution >= 0.6 is 0 Å². The van der Waals surface area contributed by atoms with E-state index >= 15 is 0 Å². The molecule has 0 amide bonds. The van der Waals surface area contributed by atoms with Crippen LogP contribution in [0.5, 0.6) is 5.75 Å². The second-order valence-electron chi connectivity index (χ2n) is 5.71. The van der Waals surface area contributed by atoms with Gasteiger partial charge >= 0.3 is 0 Å². The van der Waals surface area contributed by atoms with Crippen molar-refractivity contribution in [3.8, 4) is 5.75 Å². The van der Waals surface area contributed by atoms with Crippen molar-refractivity contribution in [1.82, 2.24) is 0 Å². The smallest absolute Gasteiger partial charge is 0.125 e. The fourth-order valence-electron chi connectivity index (χ4n) is 2.17. The lowest BCUT2D eigenvalue weighted by molar-refractivity contribution is 0.105. The molecular weight excluding hydrogens is 254 g/mol. The summed E-state index contributed by atoms with van der Waals surface area (Å²) in [6.07, 6.45) is -0.748. The number of aliphatic hydroxyl groups excluding tert-OH is 2. The Morgan fingerprint density at radius 2 is 1.60 bits per heavy atom. The zero-order chi connectivity index (χ0) is 15.3. The van der Waals surface area contributed by atoms with Crippen molar-refractivity contribution in [2.24, 2.45) is 0 Å². The Hall–Kier alpha value is -1.26. The molecule has 0 saturated heterocycles. The lowest BCUT2D eigenvalue weighted by atomic mass is 9.93. The van der Waals surface area contributed by atoms with Crippen LogP contribution in [0.2, 0.25) is 0 Å². The minimum atomic E-state index is -0.748. The standard InChI is InChI=1S/C16H27NO3/c1-10(2)14-6-12(17-8-13(19)9-18)7-15(11(3)4)16(14)20-5/h6-7,10-11,13,17-19H,8-9H2,1-5H3. The molecule has 1 unspecified atom stereocenters. The number of methoxy groups -OCH3 is 1. The second kappa shape index (κ2) is 7.50. The SMILES string of the molecule is COc1c(C(C)C)cc(NCC(O)CO)cc1C(C)C. The van der Waals surface area contributed by atoms with Crippen LogP contribution in [0.3, 0.4) is 0 Å². The van der Waals surface area contributed by atoms with E-state index in [1.165, 1.54) is 0 Å². The number of hydrogen-bond donors (Lipinski definition) is 3. The molecule has 0 fully saturated rings. The van der Waals surface area contributed by atoms with Crippen LogP contribution in [0.4, 0.5) is 5.69 Å². The number of ether oxygens (including phenoxy) is 1. The minimum Gasteiger partial charge on any atom is -0.496 e. The summed E-state index contributed by atoms with van der Waals surface area (Å²) in [5, 5.41) is 21.5. The summed E-state index contributed by atoms with van der Waals surface area (Å²) in [7, 11) is 1.70. The van der Waals surface area contributed by atoms with E-state index in [1.807, 2.05) is 0 Å². The minimum absolute atomic E-state index is 0.239. The third-order valence-corrected chi connectivity index (χ3v) is 3.35. The van der Waals surface area contributed by atoms with E-state index in [4.69, 9.17) is 9.84 Å². The highest BCUT2D eigenvalue weighted by Crippen LogP contribution is 2.37. The Bertz CT molecular complexity index is 401. The van der Waals surface area contributed by atoms with Crippen molar-refractivity contribution < 1.29 is 14.9 Å². The number of anilines is 1. The number of nitrogens with one attached hydrogen (secondary N) is 1. The van der Waals surface area contributed by atoms with E-state index in [0.29, 0.717) is 18.4 Å². The molecule has 0 saturated carbocycles. The average molecular weight is 281 g/mol. The molecule has 1 atom stereocenters. The van der Waals surface area contributed by atoms with Gasteiger partial charge in [-0.2, -0.15) is 0 Å². The lowest BCUT2D eigenvalue weighted by Gasteiger charge is -2.21. The molecule has 0 aliphatic rings. The molecule has 4 nitrogen and oxygen atoms in total. The molecule has 0 aliphatic carbocycles. The first kappa shape index (κ1) is 16.8. The van der Waals surface area contributed by atoms with Crippen LogP contribution in [-0.4, -0.2) is 36.6 Å². The summed E-state index contributed by atoms with van der Waals surface area (Å²) in [5.74, 6) is 1.65. The molecule has 4 heteroatoms. The van der Waals surface area contributed by atoms with Gasteiger partial charge < -0.3 is 20.3 Å². The van der Waals surface area contributed by atoms with Crippen LogP contribution in [0, 0.1) is 0 Å². The molecule has 3 N–H and O–H groups in total. The Morgan fingerprint density at radius 1 is 1.10 bits per heavy atom. The van der Waals surface area contributed by atoms with E-state index in [0.717, 1.165) is 22.6 Å². The molecule has 1 rings (SSSR count). The van der Waals surface area contributed by atoms with Gasteiger partial charge in [-0.05, 0) is 35.1 Å². The van der Waals surface area contributed by atoms with Crippen molar-refractivity contribution in [3.05, 3.63) is 23.3 Å². The molecule has 1 aromatic carbocycles. The summed E-state index contributed by atoms with van der Waals surface area (Å²) < 4.78 is 5.58. The average Bonchev–Trinajstić information content (AvgIpc) is 2.43. The van der Waals surface area contributed by atoms with Gasteiger partial charge in [0.2, 0.25) is 0 Å². The largest absolute Gasteiger partial charge is 0.496 e. The van der Waals surface area contributed by atoms with Crippen molar-refractivity contribution in [2.45, 2.75) is 45.6 Å². The fourth-order valence-corrected chi connectivity index (χ4v) is 2.17. The molecule has 0 heterocycles. The molecule has 0 radical (unpaired) electrons. The Balaban J connectivity index is 3.13. The van der Waals surface area contributed by atoms with Gasteiger partial charge in [0.1, 0.15) is 5.75 Å². The van der Waals surface area contributed by atoms with Gasteiger partial charge in [0.15, 0.2) is 0 Å². The van der Waals surface area contributed by atoms with Crippen LogP contribution in [0.1, 0.15) is 50.7 Å². The number of aliphatic hydroxyl groups is 2. The Labute approximate surface area is 121 Å². The molecule has 20 heavy (non-hydrogen) atoms. The highest BCUT2D eigenvalue weighted by molar-refractivity contribution is 5.57. The van der Waals surface area contributed by atoms with Crippen LogP contribution in [-0.2, 0) is 0 Å². The van der Waals surface area contributed by atoms with Crippen LogP contribution in [0.25, 0.3) is 0 Å². The van der Waals surface area contributed by atoms with E-state index in [9.17, 15) is 5.11 Å². The third-order valence-electron chi connectivity index (χ3n) is 3.35. The maximum Gasteiger partial charge on any atom is 0.125 e. The Kier molecular flexibility index (Phi) is 6.30. The molecule has 0 aliphatic heterocycles. The van der Waals surface area contributed by atoms with Crippen molar-refractivity contribution in [1.29, 1.82) is 0 Å². The summed E-state index contributed by atoms with van der Waals surface area (Å²) in [5.41, 5.74) is 3.25. The van der Waals surface area contributed by atoms with E-state index < -0.39 is 6.10 Å².